The smallest absolute Gasteiger partial charge is 0.307 e. The van der Waals surface area contributed by atoms with Crippen molar-refractivity contribution in [2.45, 2.75) is 51.8 Å². The molecule has 6 heterocycles. The normalized spacial score (nSPS) is 17.2. The molecule has 8 rings (SSSR count). The first-order chi connectivity index (χ1) is 26.2. The lowest BCUT2D eigenvalue weighted by Gasteiger charge is -2.30. The van der Waals surface area contributed by atoms with E-state index in [0.29, 0.717) is 58.3 Å². The summed E-state index contributed by atoms with van der Waals surface area (Å²) in [5.41, 5.74) is 7.61. The number of nitrogens with zero attached hydrogens (tertiary/aromatic N) is 7. The predicted octanol–water partition coefficient (Wildman–Crippen LogP) is 7.33. The lowest BCUT2D eigenvalue weighted by molar-refractivity contribution is -0.143. The van der Waals surface area contributed by atoms with E-state index < -0.39 is 11.9 Å². The highest BCUT2D eigenvalue weighted by molar-refractivity contribution is 6.35. The van der Waals surface area contributed by atoms with E-state index in [-0.39, 0.29) is 12.0 Å². The Hall–Kier alpha value is -5.45. The van der Waals surface area contributed by atoms with E-state index in [0.717, 1.165) is 84.3 Å². The number of nitriles is 1. The van der Waals surface area contributed by atoms with Crippen molar-refractivity contribution >= 4 is 51.1 Å². The maximum Gasteiger partial charge on any atom is 0.307 e. The van der Waals surface area contributed by atoms with Crippen molar-refractivity contribution in [1.82, 2.24) is 29.7 Å². The summed E-state index contributed by atoms with van der Waals surface area (Å²) in [5, 5.41) is 34.3. The van der Waals surface area contributed by atoms with E-state index in [9.17, 15) is 20.3 Å². The molecule has 2 fully saturated rings. The van der Waals surface area contributed by atoms with E-state index in [1.165, 1.54) is 0 Å². The molecule has 0 radical (unpaired) electrons. The van der Waals surface area contributed by atoms with E-state index in [1.54, 1.807) is 24.5 Å². The molecule has 0 bridgehead atoms. The fourth-order valence-corrected chi connectivity index (χ4v) is 7.90. The topological polar surface area (TPSA) is 165 Å². The summed E-state index contributed by atoms with van der Waals surface area (Å²) in [6, 6.07) is 17.6. The first-order valence-electron chi connectivity index (χ1n) is 18.2. The number of benzene rings is 2. The summed E-state index contributed by atoms with van der Waals surface area (Å²) < 4.78 is 6.19. The van der Waals surface area contributed by atoms with Crippen molar-refractivity contribution in [3.05, 3.63) is 94.4 Å². The number of aliphatic carboxylic acids is 1. The van der Waals surface area contributed by atoms with Crippen LogP contribution < -0.4 is 5.32 Å². The highest BCUT2D eigenvalue weighted by Crippen LogP contribution is 2.39. The summed E-state index contributed by atoms with van der Waals surface area (Å²) in [6.07, 6.45) is 8.20. The number of carboxylic acid groups (broad SMARTS) is 1. The summed E-state index contributed by atoms with van der Waals surface area (Å²) in [6.45, 7) is 6.29. The van der Waals surface area contributed by atoms with Gasteiger partial charge in [-0.3, -0.25) is 24.6 Å². The quantitative estimate of drug-likeness (QED) is 0.135. The molecule has 2 saturated heterocycles. The van der Waals surface area contributed by atoms with Crippen molar-refractivity contribution in [2.24, 2.45) is 5.92 Å². The van der Waals surface area contributed by atoms with Gasteiger partial charge in [0.15, 0.2) is 11.4 Å². The Labute approximate surface area is 317 Å². The molecule has 6 aromatic rings. The fraction of sp³-hybridized carbons (Fsp3) is 0.317. The number of aliphatic hydroxyl groups excluding tert-OH is 1. The van der Waals surface area contributed by atoms with Gasteiger partial charge in [-0.1, -0.05) is 23.7 Å². The van der Waals surface area contributed by atoms with Crippen molar-refractivity contribution in [3.8, 4) is 28.8 Å². The Morgan fingerprint density at radius 3 is 2.63 bits per heavy atom. The van der Waals surface area contributed by atoms with Crippen LogP contribution in [0.15, 0.2) is 71.5 Å². The molecule has 4 aromatic heterocycles. The number of carbonyl (C=O) groups is 1. The number of oxazole rings is 1. The SMILES string of the molecule is Cc1c(Nc2nccc3cc(CN4CCC(O)CC4)cnc23)cccc1-c1nccc(-c2nc3cc(CN4CCCC(C(=O)O)C4)cc(C#N)c3o2)c1Cl. The standard InChI is InChI=1S/C41H39ClN8O4/c1-24-31(5-2-6-33(24)47-39-36-27(7-11-45-39)17-26(20-46-36)22-49-14-9-30(51)10-15-49)37-35(42)32(8-12-44-37)40-48-34-18-25(16-29(19-43)38(34)54-40)21-50-13-3-4-28(23-50)41(52)53/h2,5-8,11-12,16-18,20,28,30,51H,3-4,9-10,13-15,21-23H2,1H3,(H,45,47)(H,52,53). The van der Waals surface area contributed by atoms with Crippen LogP contribution in [0.3, 0.4) is 0 Å². The van der Waals surface area contributed by atoms with Gasteiger partial charge in [0.05, 0.1) is 33.9 Å². The third kappa shape index (κ3) is 7.23. The second kappa shape index (κ2) is 15.1. The van der Waals surface area contributed by atoms with Crippen LogP contribution in [-0.4, -0.2) is 78.2 Å². The van der Waals surface area contributed by atoms with Gasteiger partial charge in [-0.05, 0) is 92.2 Å². The Morgan fingerprint density at radius 2 is 1.81 bits per heavy atom. The fourth-order valence-electron chi connectivity index (χ4n) is 7.61. The molecule has 0 aliphatic carbocycles. The number of fused-ring (bicyclic) bond motifs is 2. The van der Waals surface area contributed by atoms with Gasteiger partial charge in [-0.15, -0.1) is 0 Å². The minimum absolute atomic E-state index is 0.205. The lowest BCUT2D eigenvalue weighted by atomic mass is 9.97. The second-order valence-corrected chi connectivity index (χ2v) is 14.6. The van der Waals surface area contributed by atoms with Gasteiger partial charge in [0.25, 0.3) is 0 Å². The molecule has 0 spiro atoms. The third-order valence-corrected chi connectivity index (χ3v) is 10.9. The maximum atomic E-state index is 11.6. The lowest BCUT2D eigenvalue weighted by Crippen LogP contribution is -2.38. The number of halogens is 1. The molecule has 1 atom stereocenters. The van der Waals surface area contributed by atoms with Crippen molar-refractivity contribution in [3.63, 3.8) is 0 Å². The average molecular weight is 743 g/mol. The monoisotopic (exact) mass is 742 g/mol. The Balaban J connectivity index is 1.05. The molecule has 2 aliphatic heterocycles. The maximum absolute atomic E-state index is 11.6. The highest BCUT2D eigenvalue weighted by atomic mass is 35.5. The van der Waals surface area contributed by atoms with Gasteiger partial charge in [0.2, 0.25) is 5.89 Å². The van der Waals surface area contributed by atoms with Crippen LogP contribution in [0.1, 0.15) is 47.9 Å². The van der Waals surface area contributed by atoms with Crippen molar-refractivity contribution in [1.29, 1.82) is 5.26 Å². The number of nitrogens with one attached hydrogen (secondary N) is 1. The minimum Gasteiger partial charge on any atom is -0.481 e. The molecule has 0 amide bonds. The Bertz CT molecular complexity index is 2420. The number of hydrogen-bond donors (Lipinski definition) is 3. The van der Waals surface area contributed by atoms with Crippen LogP contribution in [-0.2, 0) is 17.9 Å². The van der Waals surface area contributed by atoms with Crippen LogP contribution in [0.25, 0.3) is 44.7 Å². The van der Waals surface area contributed by atoms with Crippen LogP contribution in [0.5, 0.6) is 0 Å². The van der Waals surface area contributed by atoms with Gasteiger partial charge in [-0.2, -0.15) is 5.26 Å². The number of likely N-dealkylation sites (tertiary alicyclic amines) is 2. The Kier molecular flexibility index (Phi) is 9.96. The van der Waals surface area contributed by atoms with E-state index in [2.05, 4.69) is 37.2 Å². The molecule has 1 unspecified atom stereocenters. The van der Waals surface area contributed by atoms with Crippen LogP contribution in [0, 0.1) is 24.2 Å². The number of hydrogen-bond acceptors (Lipinski definition) is 11. The predicted molar refractivity (Wildman–Crippen MR) is 206 cm³/mol. The zero-order chi connectivity index (χ0) is 37.3. The first kappa shape index (κ1) is 35.6. The largest absolute Gasteiger partial charge is 0.481 e. The number of piperidine rings is 2. The number of aliphatic hydroxyl groups is 1. The molecule has 2 aliphatic rings. The van der Waals surface area contributed by atoms with Gasteiger partial charge in [-0.25, -0.2) is 9.97 Å². The van der Waals surface area contributed by atoms with Crippen LogP contribution in [0.4, 0.5) is 11.5 Å². The molecule has 3 N–H and O–H groups in total. The molecular formula is C41H39ClN8O4. The van der Waals surface area contributed by atoms with Crippen LogP contribution in [0.2, 0.25) is 5.02 Å². The van der Waals surface area contributed by atoms with Gasteiger partial charge >= 0.3 is 5.97 Å². The number of rotatable bonds is 9. The molecule has 274 valence electrons. The van der Waals surface area contributed by atoms with E-state index >= 15 is 0 Å². The van der Waals surface area contributed by atoms with E-state index in [1.807, 2.05) is 43.5 Å². The Morgan fingerprint density at radius 1 is 1.00 bits per heavy atom. The number of anilines is 2. The summed E-state index contributed by atoms with van der Waals surface area (Å²) in [7, 11) is 0. The zero-order valence-electron chi connectivity index (χ0n) is 29.8. The second-order valence-electron chi connectivity index (χ2n) is 14.2. The molecule has 0 saturated carbocycles. The van der Waals surface area contributed by atoms with Crippen LogP contribution >= 0.6 is 11.6 Å². The number of pyridine rings is 3. The van der Waals surface area contributed by atoms with E-state index in [4.69, 9.17) is 26.0 Å². The highest BCUT2D eigenvalue weighted by Gasteiger charge is 2.26. The molecular weight excluding hydrogens is 704 g/mol. The van der Waals surface area contributed by atoms with Gasteiger partial charge in [0, 0.05) is 68.0 Å². The number of aromatic nitrogens is 4. The summed E-state index contributed by atoms with van der Waals surface area (Å²) in [5.74, 6) is -0.269. The van der Waals surface area contributed by atoms with Crippen molar-refractivity contribution in [2.75, 3.05) is 31.5 Å². The molecule has 54 heavy (non-hydrogen) atoms. The number of carboxylic acids is 1. The van der Waals surface area contributed by atoms with Crippen molar-refractivity contribution < 1.29 is 19.4 Å². The average Bonchev–Trinajstić information content (AvgIpc) is 3.60. The molecule has 2 aromatic carbocycles. The summed E-state index contributed by atoms with van der Waals surface area (Å²) in [4.78, 5) is 34.9. The molecule has 13 heteroatoms. The third-order valence-electron chi connectivity index (χ3n) is 10.5. The summed E-state index contributed by atoms with van der Waals surface area (Å²) >= 11 is 7.09. The van der Waals surface area contributed by atoms with Gasteiger partial charge in [0.1, 0.15) is 17.1 Å². The minimum atomic E-state index is -0.777. The van der Waals surface area contributed by atoms with Gasteiger partial charge < -0.3 is 19.9 Å². The molecule has 12 nitrogen and oxygen atoms in total. The first-order valence-corrected chi connectivity index (χ1v) is 18.6. The zero-order valence-corrected chi connectivity index (χ0v) is 30.6.